The maximum absolute atomic E-state index is 12.3. The van der Waals surface area contributed by atoms with Crippen molar-refractivity contribution in [3.8, 4) is 11.1 Å². The molecule has 0 atom stereocenters. The minimum Gasteiger partial charge on any atom is -0.381 e. The smallest absolute Gasteiger partial charge is 0.244 e. The third-order valence-electron chi connectivity index (χ3n) is 3.87. The second-order valence-electron chi connectivity index (χ2n) is 5.43. The van der Waals surface area contributed by atoms with Crippen molar-refractivity contribution in [3.05, 3.63) is 43.0 Å². The van der Waals surface area contributed by atoms with Crippen LogP contribution in [0.15, 0.2) is 43.0 Å². The Labute approximate surface area is 128 Å². The second-order valence-corrected chi connectivity index (χ2v) is 5.43. The Balaban J connectivity index is 1.70. The predicted octanol–water partition coefficient (Wildman–Crippen LogP) is 1.59. The molecule has 0 radical (unpaired) electrons. The van der Waals surface area contributed by atoms with E-state index in [0.29, 0.717) is 26.1 Å². The Morgan fingerprint density at radius 3 is 2.36 bits per heavy atom. The average Bonchev–Trinajstić information content (AvgIpc) is 2.57. The Kier molecular flexibility index (Phi) is 4.13. The van der Waals surface area contributed by atoms with Crippen LogP contribution < -0.4 is 11.1 Å². The quantitative estimate of drug-likeness (QED) is 0.898. The molecule has 0 bridgehead atoms. The van der Waals surface area contributed by atoms with Gasteiger partial charge in [-0.1, -0.05) is 12.1 Å². The van der Waals surface area contributed by atoms with E-state index >= 15 is 0 Å². The van der Waals surface area contributed by atoms with Gasteiger partial charge >= 0.3 is 0 Å². The van der Waals surface area contributed by atoms with Crippen LogP contribution in [-0.4, -0.2) is 34.6 Å². The van der Waals surface area contributed by atoms with Crippen LogP contribution in [-0.2, 0) is 9.53 Å². The first-order valence-corrected chi connectivity index (χ1v) is 7.21. The van der Waals surface area contributed by atoms with Crippen molar-refractivity contribution in [1.82, 2.24) is 9.97 Å². The molecule has 6 nitrogen and oxygen atoms in total. The summed E-state index contributed by atoms with van der Waals surface area (Å²) in [6, 6.07) is 7.54. The third-order valence-corrected chi connectivity index (χ3v) is 3.87. The van der Waals surface area contributed by atoms with Crippen LogP contribution in [0.25, 0.3) is 11.1 Å². The number of rotatable bonds is 3. The van der Waals surface area contributed by atoms with Gasteiger partial charge in [0.05, 0.1) is 0 Å². The monoisotopic (exact) mass is 298 g/mol. The van der Waals surface area contributed by atoms with E-state index in [2.05, 4.69) is 15.3 Å². The molecule has 1 aliphatic rings. The zero-order valence-corrected chi connectivity index (χ0v) is 12.2. The van der Waals surface area contributed by atoms with E-state index in [-0.39, 0.29) is 5.91 Å². The standard InChI is InChI=1S/C16H18N4O2/c17-16(5-7-22-8-6-16)15(21)20-14-3-1-12(2-4-14)13-9-18-11-19-10-13/h1-4,9-11H,5-8,17H2,(H,20,21). The van der Waals surface area contributed by atoms with Gasteiger partial charge in [-0.25, -0.2) is 9.97 Å². The maximum Gasteiger partial charge on any atom is 0.244 e. The number of carbonyl (C=O) groups excluding carboxylic acids is 1. The van der Waals surface area contributed by atoms with Gasteiger partial charge in [0.1, 0.15) is 11.9 Å². The number of carbonyl (C=O) groups is 1. The molecule has 6 heteroatoms. The number of amides is 1. The van der Waals surface area contributed by atoms with Crippen molar-refractivity contribution in [2.75, 3.05) is 18.5 Å². The Bertz CT molecular complexity index is 637. The predicted molar refractivity (Wildman–Crippen MR) is 83.1 cm³/mol. The second kappa shape index (κ2) is 6.21. The van der Waals surface area contributed by atoms with Crippen LogP contribution >= 0.6 is 0 Å². The van der Waals surface area contributed by atoms with Gasteiger partial charge in [0.2, 0.25) is 5.91 Å². The summed E-state index contributed by atoms with van der Waals surface area (Å²) in [5, 5.41) is 2.88. The lowest BCUT2D eigenvalue weighted by Gasteiger charge is -2.31. The van der Waals surface area contributed by atoms with Crippen LogP contribution in [0.4, 0.5) is 5.69 Å². The van der Waals surface area contributed by atoms with Gasteiger partial charge in [0.15, 0.2) is 0 Å². The van der Waals surface area contributed by atoms with Gasteiger partial charge in [0, 0.05) is 36.9 Å². The summed E-state index contributed by atoms with van der Waals surface area (Å²) in [5.41, 5.74) is 7.97. The number of ether oxygens (including phenoxy) is 1. The van der Waals surface area contributed by atoms with E-state index in [4.69, 9.17) is 10.5 Å². The van der Waals surface area contributed by atoms with Crippen LogP contribution in [0.5, 0.6) is 0 Å². The first kappa shape index (κ1) is 14.6. The largest absolute Gasteiger partial charge is 0.381 e. The third kappa shape index (κ3) is 3.13. The zero-order valence-electron chi connectivity index (χ0n) is 12.2. The number of aromatic nitrogens is 2. The highest BCUT2D eigenvalue weighted by Gasteiger charge is 2.35. The van der Waals surface area contributed by atoms with Crippen LogP contribution in [0.1, 0.15) is 12.8 Å². The molecule has 3 rings (SSSR count). The summed E-state index contributed by atoms with van der Waals surface area (Å²) in [4.78, 5) is 20.3. The molecule has 114 valence electrons. The van der Waals surface area contributed by atoms with E-state index in [1.807, 2.05) is 24.3 Å². The van der Waals surface area contributed by atoms with E-state index in [1.165, 1.54) is 6.33 Å². The maximum atomic E-state index is 12.3. The molecule has 0 spiro atoms. The summed E-state index contributed by atoms with van der Waals surface area (Å²) in [5.74, 6) is -0.161. The Morgan fingerprint density at radius 2 is 1.73 bits per heavy atom. The van der Waals surface area contributed by atoms with Gasteiger partial charge in [-0.3, -0.25) is 4.79 Å². The fourth-order valence-electron chi connectivity index (χ4n) is 2.41. The number of nitrogens with zero attached hydrogens (tertiary/aromatic N) is 2. The number of nitrogens with one attached hydrogen (secondary N) is 1. The van der Waals surface area contributed by atoms with E-state index in [9.17, 15) is 4.79 Å². The molecule has 0 aliphatic carbocycles. The van der Waals surface area contributed by atoms with Crippen molar-refractivity contribution in [2.45, 2.75) is 18.4 Å². The minimum absolute atomic E-state index is 0.161. The molecule has 0 saturated carbocycles. The van der Waals surface area contributed by atoms with Gasteiger partial charge in [0.25, 0.3) is 0 Å². The first-order chi connectivity index (χ1) is 10.7. The molecule has 1 aromatic carbocycles. The molecular formula is C16H18N4O2. The summed E-state index contributed by atoms with van der Waals surface area (Å²) < 4.78 is 5.26. The molecule has 3 N–H and O–H groups in total. The first-order valence-electron chi connectivity index (χ1n) is 7.21. The molecule has 1 aromatic heterocycles. The van der Waals surface area contributed by atoms with E-state index in [1.54, 1.807) is 12.4 Å². The lowest BCUT2D eigenvalue weighted by molar-refractivity contribution is -0.124. The highest BCUT2D eigenvalue weighted by molar-refractivity contribution is 5.98. The van der Waals surface area contributed by atoms with Gasteiger partial charge in [-0.05, 0) is 30.5 Å². The van der Waals surface area contributed by atoms with Crippen molar-refractivity contribution in [3.63, 3.8) is 0 Å². The number of nitrogens with two attached hydrogens (primary N) is 1. The number of hydrogen-bond acceptors (Lipinski definition) is 5. The summed E-state index contributed by atoms with van der Waals surface area (Å²) in [6.45, 7) is 1.05. The summed E-state index contributed by atoms with van der Waals surface area (Å²) >= 11 is 0. The topological polar surface area (TPSA) is 90.1 Å². The highest BCUT2D eigenvalue weighted by atomic mass is 16.5. The molecular weight excluding hydrogens is 280 g/mol. The van der Waals surface area contributed by atoms with Crippen molar-refractivity contribution >= 4 is 11.6 Å². The average molecular weight is 298 g/mol. The highest BCUT2D eigenvalue weighted by Crippen LogP contribution is 2.22. The molecule has 1 amide bonds. The Morgan fingerprint density at radius 1 is 1.09 bits per heavy atom. The molecule has 2 heterocycles. The molecule has 1 saturated heterocycles. The van der Waals surface area contributed by atoms with Crippen molar-refractivity contribution in [1.29, 1.82) is 0 Å². The Hall–Kier alpha value is -2.31. The number of hydrogen-bond donors (Lipinski definition) is 2. The van der Waals surface area contributed by atoms with Gasteiger partial charge < -0.3 is 15.8 Å². The minimum atomic E-state index is -0.843. The van der Waals surface area contributed by atoms with Crippen molar-refractivity contribution < 1.29 is 9.53 Å². The molecule has 1 aliphatic heterocycles. The molecule has 0 unspecified atom stereocenters. The van der Waals surface area contributed by atoms with E-state index < -0.39 is 5.54 Å². The lowest BCUT2D eigenvalue weighted by atomic mass is 9.90. The number of anilines is 1. The molecule has 22 heavy (non-hydrogen) atoms. The van der Waals surface area contributed by atoms with Gasteiger partial charge in [-0.2, -0.15) is 0 Å². The fourth-order valence-corrected chi connectivity index (χ4v) is 2.41. The summed E-state index contributed by atoms with van der Waals surface area (Å²) in [7, 11) is 0. The zero-order chi connectivity index (χ0) is 15.4. The van der Waals surface area contributed by atoms with E-state index in [0.717, 1.165) is 16.8 Å². The lowest BCUT2D eigenvalue weighted by Crippen LogP contribution is -2.54. The van der Waals surface area contributed by atoms with Crippen LogP contribution in [0, 0.1) is 0 Å². The SMILES string of the molecule is NC1(C(=O)Nc2ccc(-c3cncnc3)cc2)CCOCC1. The molecule has 2 aromatic rings. The van der Waals surface area contributed by atoms with Gasteiger partial charge in [-0.15, -0.1) is 0 Å². The molecule has 1 fully saturated rings. The normalized spacial score (nSPS) is 17.0. The van der Waals surface area contributed by atoms with Crippen LogP contribution in [0.2, 0.25) is 0 Å². The van der Waals surface area contributed by atoms with Crippen molar-refractivity contribution in [2.24, 2.45) is 5.73 Å². The van der Waals surface area contributed by atoms with Crippen LogP contribution in [0.3, 0.4) is 0 Å². The number of benzene rings is 1. The fraction of sp³-hybridized carbons (Fsp3) is 0.312. The summed E-state index contributed by atoms with van der Waals surface area (Å²) in [6.07, 6.45) is 6.07.